The maximum absolute atomic E-state index is 12.0. The molecule has 0 spiro atoms. The lowest BCUT2D eigenvalue weighted by atomic mass is 10.1. The predicted octanol–water partition coefficient (Wildman–Crippen LogP) is 2.63. The van der Waals surface area contributed by atoms with Crippen LogP contribution in [0.25, 0.3) is 0 Å². The largest absolute Gasteiger partial charge is 0.484 e. The molecule has 0 bridgehead atoms. The summed E-state index contributed by atoms with van der Waals surface area (Å²) in [6.07, 6.45) is 3.67. The molecule has 0 radical (unpaired) electrons. The number of hydrogen-bond acceptors (Lipinski definition) is 3. The molecule has 0 fully saturated rings. The average Bonchev–Trinajstić information content (AvgIpc) is 3.13. The summed E-state index contributed by atoms with van der Waals surface area (Å²) in [5, 5.41) is 7.12. The topological polar surface area (TPSA) is 56.1 Å². The van der Waals surface area contributed by atoms with Crippen molar-refractivity contribution in [3.8, 4) is 5.75 Å². The maximum atomic E-state index is 12.0. The lowest BCUT2D eigenvalue weighted by Gasteiger charge is -2.11. The van der Waals surface area contributed by atoms with Crippen molar-refractivity contribution in [2.45, 2.75) is 13.1 Å². The van der Waals surface area contributed by atoms with E-state index in [1.807, 2.05) is 71.5 Å². The molecule has 0 atom stereocenters. The lowest BCUT2D eigenvalue weighted by molar-refractivity contribution is -0.123. The number of amides is 1. The second-order valence-electron chi connectivity index (χ2n) is 5.35. The van der Waals surface area contributed by atoms with Crippen molar-refractivity contribution < 1.29 is 9.53 Å². The molecule has 24 heavy (non-hydrogen) atoms. The van der Waals surface area contributed by atoms with Crippen LogP contribution in [0.2, 0.25) is 0 Å². The fourth-order valence-corrected chi connectivity index (χ4v) is 2.36. The van der Waals surface area contributed by atoms with E-state index in [9.17, 15) is 4.79 Å². The highest BCUT2D eigenvalue weighted by Crippen LogP contribution is 2.11. The van der Waals surface area contributed by atoms with Crippen molar-refractivity contribution >= 4 is 5.91 Å². The van der Waals surface area contributed by atoms with E-state index in [2.05, 4.69) is 10.4 Å². The number of carbonyl (C=O) groups excluding carboxylic acids is 1. The number of ether oxygens (including phenoxy) is 1. The van der Waals surface area contributed by atoms with Crippen LogP contribution in [0.4, 0.5) is 0 Å². The Morgan fingerprint density at radius 2 is 1.75 bits per heavy atom. The summed E-state index contributed by atoms with van der Waals surface area (Å²) in [5.41, 5.74) is 2.20. The maximum Gasteiger partial charge on any atom is 0.258 e. The normalized spacial score (nSPS) is 10.3. The number of rotatable bonds is 7. The molecule has 1 heterocycles. The van der Waals surface area contributed by atoms with Crippen molar-refractivity contribution in [3.05, 3.63) is 84.2 Å². The van der Waals surface area contributed by atoms with Gasteiger partial charge in [0, 0.05) is 18.9 Å². The smallest absolute Gasteiger partial charge is 0.258 e. The highest BCUT2D eigenvalue weighted by atomic mass is 16.5. The predicted molar refractivity (Wildman–Crippen MR) is 91.6 cm³/mol. The van der Waals surface area contributed by atoms with Crippen LogP contribution in [0.5, 0.6) is 5.75 Å². The zero-order valence-electron chi connectivity index (χ0n) is 13.3. The van der Waals surface area contributed by atoms with Gasteiger partial charge < -0.3 is 10.1 Å². The van der Waals surface area contributed by atoms with Crippen LogP contribution in [0.1, 0.15) is 11.1 Å². The summed E-state index contributed by atoms with van der Waals surface area (Å²) in [5.74, 6) is 0.541. The van der Waals surface area contributed by atoms with E-state index in [-0.39, 0.29) is 12.5 Å². The summed E-state index contributed by atoms with van der Waals surface area (Å²) < 4.78 is 7.31. The van der Waals surface area contributed by atoms with E-state index in [4.69, 9.17) is 4.74 Å². The van der Waals surface area contributed by atoms with E-state index >= 15 is 0 Å². The zero-order valence-corrected chi connectivity index (χ0v) is 13.3. The summed E-state index contributed by atoms with van der Waals surface area (Å²) in [4.78, 5) is 12.0. The second-order valence-corrected chi connectivity index (χ2v) is 5.35. The fourth-order valence-electron chi connectivity index (χ4n) is 2.36. The van der Waals surface area contributed by atoms with Gasteiger partial charge in [-0.2, -0.15) is 5.10 Å². The van der Waals surface area contributed by atoms with Gasteiger partial charge in [0.1, 0.15) is 5.75 Å². The molecule has 0 aliphatic rings. The number of para-hydroxylation sites is 1. The molecule has 0 saturated carbocycles. The Bertz CT molecular complexity index is 770. The monoisotopic (exact) mass is 321 g/mol. The first-order valence-electron chi connectivity index (χ1n) is 7.80. The van der Waals surface area contributed by atoms with Gasteiger partial charge in [-0.25, -0.2) is 0 Å². The van der Waals surface area contributed by atoms with Crippen molar-refractivity contribution in [1.29, 1.82) is 0 Å². The third kappa shape index (κ3) is 4.46. The molecule has 5 nitrogen and oxygen atoms in total. The standard InChI is InChI=1S/C19H19N3O2/c23-19(15-24-18-9-2-1-3-10-18)20-13-16-7-4-5-8-17(16)14-22-12-6-11-21-22/h1-12H,13-15H2,(H,20,23). The number of benzene rings is 2. The SMILES string of the molecule is O=C(COc1ccccc1)NCc1ccccc1Cn1cccn1. The number of carbonyl (C=O) groups is 1. The molecule has 0 aliphatic heterocycles. The quantitative estimate of drug-likeness (QED) is 0.728. The summed E-state index contributed by atoms with van der Waals surface area (Å²) in [6, 6.07) is 19.2. The third-order valence-electron chi connectivity index (χ3n) is 3.60. The van der Waals surface area contributed by atoms with Crippen molar-refractivity contribution in [1.82, 2.24) is 15.1 Å². The Balaban J connectivity index is 1.53. The van der Waals surface area contributed by atoms with Crippen molar-refractivity contribution in [3.63, 3.8) is 0 Å². The molecule has 2 aromatic carbocycles. The number of nitrogens with one attached hydrogen (secondary N) is 1. The molecule has 0 unspecified atom stereocenters. The van der Waals surface area contributed by atoms with Gasteiger partial charge in [-0.3, -0.25) is 9.48 Å². The van der Waals surface area contributed by atoms with Crippen molar-refractivity contribution in [2.24, 2.45) is 0 Å². The summed E-state index contributed by atoms with van der Waals surface area (Å²) >= 11 is 0. The number of nitrogens with zero attached hydrogens (tertiary/aromatic N) is 2. The van der Waals surface area contributed by atoms with Gasteiger partial charge in [0.25, 0.3) is 5.91 Å². The number of aromatic nitrogens is 2. The average molecular weight is 321 g/mol. The highest BCUT2D eigenvalue weighted by Gasteiger charge is 2.06. The number of hydrogen-bond donors (Lipinski definition) is 1. The molecule has 1 N–H and O–H groups in total. The molecule has 5 heteroatoms. The first-order chi connectivity index (χ1) is 11.8. The van der Waals surface area contributed by atoms with Gasteiger partial charge in [-0.1, -0.05) is 42.5 Å². The molecule has 0 aliphatic carbocycles. The van der Waals surface area contributed by atoms with Crippen LogP contribution in [0.3, 0.4) is 0 Å². The van der Waals surface area contributed by atoms with E-state index in [0.717, 1.165) is 11.1 Å². The molecule has 122 valence electrons. The van der Waals surface area contributed by atoms with Gasteiger partial charge in [-0.15, -0.1) is 0 Å². The van der Waals surface area contributed by atoms with Gasteiger partial charge in [0.2, 0.25) is 0 Å². The Morgan fingerprint density at radius 3 is 2.50 bits per heavy atom. The van der Waals surface area contributed by atoms with Gasteiger partial charge >= 0.3 is 0 Å². The molecule has 3 aromatic rings. The second kappa shape index (κ2) is 7.97. The van der Waals surface area contributed by atoms with Gasteiger partial charge in [0.05, 0.1) is 6.54 Å². The highest BCUT2D eigenvalue weighted by molar-refractivity contribution is 5.77. The minimum Gasteiger partial charge on any atom is -0.484 e. The van der Waals surface area contributed by atoms with Crippen LogP contribution in [-0.4, -0.2) is 22.3 Å². The van der Waals surface area contributed by atoms with Crippen LogP contribution in [0.15, 0.2) is 73.1 Å². The van der Waals surface area contributed by atoms with Gasteiger partial charge in [-0.05, 0) is 29.3 Å². The molecular formula is C19H19N3O2. The Labute approximate surface area is 140 Å². The van der Waals surface area contributed by atoms with Gasteiger partial charge in [0.15, 0.2) is 6.61 Å². The third-order valence-corrected chi connectivity index (χ3v) is 3.60. The Hall–Kier alpha value is -3.08. The van der Waals surface area contributed by atoms with E-state index in [1.54, 1.807) is 6.20 Å². The van der Waals surface area contributed by atoms with Crippen molar-refractivity contribution in [2.75, 3.05) is 6.61 Å². The van der Waals surface area contributed by atoms with E-state index in [0.29, 0.717) is 18.8 Å². The summed E-state index contributed by atoms with van der Waals surface area (Å²) in [7, 11) is 0. The molecule has 1 amide bonds. The van der Waals surface area contributed by atoms with E-state index in [1.165, 1.54) is 0 Å². The molecular weight excluding hydrogens is 302 g/mol. The lowest BCUT2D eigenvalue weighted by Crippen LogP contribution is -2.28. The minimum absolute atomic E-state index is 0.00529. The van der Waals surface area contributed by atoms with Crippen LogP contribution < -0.4 is 10.1 Å². The van der Waals surface area contributed by atoms with Crippen LogP contribution >= 0.6 is 0 Å². The van der Waals surface area contributed by atoms with E-state index < -0.39 is 0 Å². The zero-order chi connectivity index (χ0) is 16.6. The first kappa shape index (κ1) is 15.8. The Kier molecular flexibility index (Phi) is 5.24. The molecule has 0 saturated heterocycles. The molecule has 3 rings (SSSR count). The fraction of sp³-hybridized carbons (Fsp3) is 0.158. The minimum atomic E-state index is -0.146. The van der Waals surface area contributed by atoms with Crippen LogP contribution in [-0.2, 0) is 17.9 Å². The molecule has 1 aromatic heterocycles. The summed E-state index contributed by atoms with van der Waals surface area (Å²) in [6.45, 7) is 1.15. The first-order valence-corrected chi connectivity index (χ1v) is 7.80. The Morgan fingerprint density at radius 1 is 1.00 bits per heavy atom. The van der Waals surface area contributed by atoms with Crippen LogP contribution in [0, 0.1) is 0 Å².